The second-order valence-corrected chi connectivity index (χ2v) is 6.41. The molecule has 1 N–H and O–H groups in total. The molecule has 0 saturated carbocycles. The normalized spacial score (nSPS) is 18.1. The van der Waals surface area contributed by atoms with Crippen LogP contribution in [0.25, 0.3) is 0 Å². The van der Waals surface area contributed by atoms with Gasteiger partial charge in [-0.25, -0.2) is 0 Å². The molecule has 0 atom stereocenters. The lowest BCUT2D eigenvalue weighted by atomic mass is 10.2. The molecule has 1 aliphatic rings. The fourth-order valence-electron chi connectivity index (χ4n) is 2.55. The average Bonchev–Trinajstić information content (AvgIpc) is 2.83. The molecule has 0 aliphatic carbocycles. The maximum absolute atomic E-state index is 12.3. The molecule has 0 spiro atoms. The molecule has 1 aromatic heterocycles. The number of hydrogen-bond acceptors (Lipinski definition) is 5. The van der Waals surface area contributed by atoms with Crippen LogP contribution in [0.3, 0.4) is 0 Å². The van der Waals surface area contributed by atoms with E-state index in [1.54, 1.807) is 11.3 Å². The van der Waals surface area contributed by atoms with Gasteiger partial charge in [0.2, 0.25) is 0 Å². The van der Waals surface area contributed by atoms with Gasteiger partial charge in [-0.3, -0.25) is 14.6 Å². The van der Waals surface area contributed by atoms with Crippen molar-refractivity contribution in [3.05, 3.63) is 21.9 Å². The first-order valence-electron chi connectivity index (χ1n) is 7.40. The lowest BCUT2D eigenvalue weighted by Gasteiger charge is -2.20. The molecule has 1 fully saturated rings. The standard InChI is InChI=1S/C15H24N2O2S/c1-2-13-4-5-15(20-13)14(19)12-17-7-3-6-16(8-9-17)10-11-18/h4-5,18H,2-3,6-12H2,1H3. The highest BCUT2D eigenvalue weighted by molar-refractivity contribution is 7.14. The summed E-state index contributed by atoms with van der Waals surface area (Å²) in [6.45, 7) is 7.45. The first-order valence-corrected chi connectivity index (χ1v) is 8.22. The Morgan fingerprint density at radius 1 is 1.25 bits per heavy atom. The van der Waals surface area contributed by atoms with Crippen LogP contribution < -0.4 is 0 Å². The van der Waals surface area contributed by atoms with Gasteiger partial charge in [0.05, 0.1) is 18.0 Å². The van der Waals surface area contributed by atoms with Crippen molar-refractivity contribution in [2.75, 3.05) is 45.9 Å². The van der Waals surface area contributed by atoms with Crippen LogP contribution in [-0.4, -0.2) is 66.6 Å². The zero-order valence-corrected chi connectivity index (χ0v) is 13.0. The van der Waals surface area contributed by atoms with Crippen LogP contribution in [0.15, 0.2) is 12.1 Å². The van der Waals surface area contributed by atoms with Crippen LogP contribution in [0.2, 0.25) is 0 Å². The van der Waals surface area contributed by atoms with Gasteiger partial charge in [-0.1, -0.05) is 6.92 Å². The van der Waals surface area contributed by atoms with E-state index in [2.05, 4.69) is 22.8 Å². The highest BCUT2D eigenvalue weighted by Crippen LogP contribution is 2.18. The molecular formula is C15H24N2O2S. The minimum absolute atomic E-state index is 0.216. The van der Waals surface area contributed by atoms with Crippen LogP contribution >= 0.6 is 11.3 Å². The van der Waals surface area contributed by atoms with Crippen molar-refractivity contribution in [3.63, 3.8) is 0 Å². The quantitative estimate of drug-likeness (QED) is 0.808. The van der Waals surface area contributed by atoms with Gasteiger partial charge in [0.25, 0.3) is 0 Å². The first kappa shape index (κ1) is 15.6. The number of ketones is 1. The van der Waals surface area contributed by atoms with Gasteiger partial charge in [0.15, 0.2) is 5.78 Å². The van der Waals surface area contributed by atoms with Crippen molar-refractivity contribution in [2.45, 2.75) is 19.8 Å². The highest BCUT2D eigenvalue weighted by atomic mass is 32.1. The fraction of sp³-hybridized carbons (Fsp3) is 0.667. The number of hydrogen-bond donors (Lipinski definition) is 1. The van der Waals surface area contributed by atoms with Crippen molar-refractivity contribution < 1.29 is 9.90 Å². The molecule has 5 heteroatoms. The van der Waals surface area contributed by atoms with Gasteiger partial charge in [-0.2, -0.15) is 0 Å². The average molecular weight is 296 g/mol. The maximum Gasteiger partial charge on any atom is 0.186 e. The van der Waals surface area contributed by atoms with Gasteiger partial charge in [-0.15, -0.1) is 11.3 Å². The molecule has 0 bridgehead atoms. The number of thiophene rings is 1. The van der Waals surface area contributed by atoms with E-state index in [4.69, 9.17) is 5.11 Å². The minimum Gasteiger partial charge on any atom is -0.395 e. The minimum atomic E-state index is 0.216. The van der Waals surface area contributed by atoms with E-state index < -0.39 is 0 Å². The molecule has 0 aromatic carbocycles. The number of aryl methyl sites for hydroxylation is 1. The molecule has 112 valence electrons. The van der Waals surface area contributed by atoms with Gasteiger partial charge in [-0.05, 0) is 38.1 Å². The number of β-amino-alcohol motifs (C(OH)–C–C–N with tert-alkyl or cyclic N) is 1. The van der Waals surface area contributed by atoms with Crippen LogP contribution in [0.4, 0.5) is 0 Å². The molecule has 2 rings (SSSR count). The lowest BCUT2D eigenvalue weighted by molar-refractivity contribution is 0.0936. The maximum atomic E-state index is 12.3. The molecule has 20 heavy (non-hydrogen) atoms. The summed E-state index contributed by atoms with van der Waals surface area (Å²) in [6, 6.07) is 4.02. The third-order valence-electron chi connectivity index (χ3n) is 3.75. The second kappa shape index (κ2) is 7.88. The summed E-state index contributed by atoms with van der Waals surface area (Å²) >= 11 is 1.62. The molecule has 1 saturated heterocycles. The number of rotatable bonds is 6. The number of carbonyl (C=O) groups excluding carboxylic acids is 1. The van der Waals surface area contributed by atoms with Crippen LogP contribution in [0.5, 0.6) is 0 Å². The molecule has 0 unspecified atom stereocenters. The zero-order chi connectivity index (χ0) is 14.4. The van der Waals surface area contributed by atoms with E-state index in [0.717, 1.165) is 50.4 Å². The number of aliphatic hydroxyl groups excluding tert-OH is 1. The van der Waals surface area contributed by atoms with Gasteiger partial charge >= 0.3 is 0 Å². The fourth-order valence-corrected chi connectivity index (χ4v) is 3.42. The molecule has 2 heterocycles. The molecule has 0 radical (unpaired) electrons. The summed E-state index contributed by atoms with van der Waals surface area (Å²) in [5.41, 5.74) is 0. The third-order valence-corrected chi connectivity index (χ3v) is 5.02. The number of Topliss-reactive ketones (excluding diaryl/α,β-unsaturated/α-hetero) is 1. The van der Waals surface area contributed by atoms with E-state index in [1.165, 1.54) is 4.88 Å². The number of carbonyl (C=O) groups is 1. The summed E-state index contributed by atoms with van der Waals surface area (Å²) < 4.78 is 0. The summed E-state index contributed by atoms with van der Waals surface area (Å²) in [7, 11) is 0. The van der Waals surface area contributed by atoms with Crippen LogP contribution in [0, 0.1) is 0 Å². The molecule has 0 amide bonds. The topological polar surface area (TPSA) is 43.8 Å². The van der Waals surface area contributed by atoms with Crippen LogP contribution in [0.1, 0.15) is 27.9 Å². The smallest absolute Gasteiger partial charge is 0.186 e. The molecule has 1 aromatic rings. The Bertz CT molecular complexity index is 433. The summed E-state index contributed by atoms with van der Waals surface area (Å²) in [5, 5.41) is 8.99. The van der Waals surface area contributed by atoms with Crippen molar-refractivity contribution in [3.8, 4) is 0 Å². The van der Waals surface area contributed by atoms with E-state index in [1.807, 2.05) is 6.07 Å². The second-order valence-electron chi connectivity index (χ2n) is 5.24. The number of aliphatic hydroxyl groups is 1. The predicted molar refractivity (Wildman–Crippen MR) is 82.6 cm³/mol. The largest absolute Gasteiger partial charge is 0.395 e. The number of nitrogens with zero attached hydrogens (tertiary/aromatic N) is 2. The van der Waals surface area contributed by atoms with Gasteiger partial charge < -0.3 is 5.11 Å². The predicted octanol–water partition coefficient (Wildman–Crippen LogP) is 1.49. The van der Waals surface area contributed by atoms with E-state index >= 15 is 0 Å². The third kappa shape index (κ3) is 4.38. The van der Waals surface area contributed by atoms with E-state index in [0.29, 0.717) is 6.54 Å². The summed E-state index contributed by atoms with van der Waals surface area (Å²) in [4.78, 5) is 19.0. The van der Waals surface area contributed by atoms with Crippen LogP contribution in [-0.2, 0) is 6.42 Å². The molecule has 1 aliphatic heterocycles. The monoisotopic (exact) mass is 296 g/mol. The highest BCUT2D eigenvalue weighted by Gasteiger charge is 2.18. The van der Waals surface area contributed by atoms with Crippen molar-refractivity contribution >= 4 is 17.1 Å². The Kier molecular flexibility index (Phi) is 6.16. The summed E-state index contributed by atoms with van der Waals surface area (Å²) in [5.74, 6) is 0.241. The Morgan fingerprint density at radius 3 is 2.70 bits per heavy atom. The van der Waals surface area contributed by atoms with E-state index in [-0.39, 0.29) is 12.4 Å². The van der Waals surface area contributed by atoms with Crippen molar-refractivity contribution in [2.24, 2.45) is 0 Å². The Hall–Kier alpha value is -0.750. The van der Waals surface area contributed by atoms with E-state index in [9.17, 15) is 4.79 Å². The lowest BCUT2D eigenvalue weighted by Crippen LogP contribution is -2.34. The zero-order valence-electron chi connectivity index (χ0n) is 12.2. The molecular weight excluding hydrogens is 272 g/mol. The SMILES string of the molecule is CCc1ccc(C(=O)CN2CCCN(CCO)CC2)s1. The first-order chi connectivity index (χ1) is 9.72. The van der Waals surface area contributed by atoms with Crippen molar-refractivity contribution in [1.82, 2.24) is 9.80 Å². The Labute approximate surface area is 125 Å². The van der Waals surface area contributed by atoms with Gasteiger partial charge in [0.1, 0.15) is 0 Å². The van der Waals surface area contributed by atoms with Gasteiger partial charge in [0, 0.05) is 24.5 Å². The molecule has 4 nitrogen and oxygen atoms in total. The Balaban J connectivity index is 1.85. The Morgan fingerprint density at radius 2 is 2.00 bits per heavy atom. The summed E-state index contributed by atoms with van der Waals surface area (Å²) in [6.07, 6.45) is 2.07. The van der Waals surface area contributed by atoms with Crippen molar-refractivity contribution in [1.29, 1.82) is 0 Å².